The number of rotatable bonds is 10. The molecule has 1 unspecified atom stereocenters. The molecule has 1 aliphatic rings. The molecule has 0 spiro atoms. The fraction of sp³-hybridized carbons (Fsp3) is 0.423. The number of carboxylic acid groups (broad SMARTS) is 1. The van der Waals surface area contributed by atoms with Gasteiger partial charge in [-0.1, -0.05) is 69.3 Å². The second-order valence-corrected chi connectivity index (χ2v) is 8.86. The molecule has 0 aliphatic heterocycles. The third-order valence-electron chi connectivity index (χ3n) is 6.10. The lowest BCUT2D eigenvalue weighted by Crippen LogP contribution is -2.46. The minimum absolute atomic E-state index is 0.00927. The van der Waals surface area contributed by atoms with Crippen molar-refractivity contribution in [2.45, 2.75) is 45.6 Å². The molecule has 1 aliphatic carbocycles. The number of amides is 2. The zero-order chi connectivity index (χ0) is 24.0. The van der Waals surface area contributed by atoms with Crippen molar-refractivity contribution in [3.05, 3.63) is 59.7 Å². The van der Waals surface area contributed by atoms with Crippen LogP contribution in [0.1, 0.15) is 50.7 Å². The standard InChI is InChI=1S/C26H32N2O5/c1-16(2)23(25(30)31)28-24(29)17(3)9-8-14-27-26(32)33-15-22-20-12-6-4-10-18(20)19-11-5-7-13-21(19)22/h4-7,10-13,16-17,22-23H,8-9,14-15H2,1-3H3,(H,27,32)(H,28,29)(H,30,31)/t17?,23-/m0/s1. The van der Waals surface area contributed by atoms with Crippen molar-refractivity contribution in [2.75, 3.05) is 13.2 Å². The molecule has 7 heteroatoms. The highest BCUT2D eigenvalue weighted by Crippen LogP contribution is 2.44. The van der Waals surface area contributed by atoms with Crippen molar-refractivity contribution in [1.82, 2.24) is 10.6 Å². The Morgan fingerprint density at radius 2 is 1.55 bits per heavy atom. The summed E-state index contributed by atoms with van der Waals surface area (Å²) in [5, 5.41) is 14.5. The molecule has 0 saturated heterocycles. The molecule has 3 N–H and O–H groups in total. The first kappa shape index (κ1) is 24.3. The molecule has 176 valence electrons. The molecule has 0 bridgehead atoms. The highest BCUT2D eigenvalue weighted by molar-refractivity contribution is 5.85. The van der Waals surface area contributed by atoms with E-state index in [-0.39, 0.29) is 30.3 Å². The van der Waals surface area contributed by atoms with Crippen molar-refractivity contribution in [3.8, 4) is 11.1 Å². The molecule has 2 aromatic rings. The lowest BCUT2D eigenvalue weighted by molar-refractivity contribution is -0.143. The lowest BCUT2D eigenvalue weighted by atomic mass is 9.98. The monoisotopic (exact) mass is 452 g/mol. The number of alkyl carbamates (subject to hydrolysis) is 1. The molecule has 0 heterocycles. The Labute approximate surface area is 194 Å². The van der Waals surface area contributed by atoms with Crippen molar-refractivity contribution in [3.63, 3.8) is 0 Å². The topological polar surface area (TPSA) is 105 Å². The van der Waals surface area contributed by atoms with Gasteiger partial charge in [-0.05, 0) is 41.0 Å². The molecular weight excluding hydrogens is 420 g/mol. The number of fused-ring (bicyclic) bond motifs is 3. The third kappa shape index (κ3) is 5.92. The van der Waals surface area contributed by atoms with Crippen LogP contribution in [-0.2, 0) is 14.3 Å². The Morgan fingerprint density at radius 1 is 0.970 bits per heavy atom. The number of carboxylic acids is 1. The van der Waals surface area contributed by atoms with Crippen LogP contribution in [0.2, 0.25) is 0 Å². The number of carbonyl (C=O) groups is 3. The van der Waals surface area contributed by atoms with E-state index in [4.69, 9.17) is 4.74 Å². The van der Waals surface area contributed by atoms with Gasteiger partial charge in [0.2, 0.25) is 5.91 Å². The van der Waals surface area contributed by atoms with Gasteiger partial charge in [0.25, 0.3) is 0 Å². The predicted molar refractivity (Wildman–Crippen MR) is 126 cm³/mol. The number of ether oxygens (including phenoxy) is 1. The van der Waals surface area contributed by atoms with Gasteiger partial charge in [-0.2, -0.15) is 0 Å². The van der Waals surface area contributed by atoms with Crippen LogP contribution >= 0.6 is 0 Å². The van der Waals surface area contributed by atoms with E-state index in [0.29, 0.717) is 19.4 Å². The molecule has 2 atom stereocenters. The van der Waals surface area contributed by atoms with Crippen molar-refractivity contribution < 1.29 is 24.2 Å². The molecule has 2 amide bonds. The highest BCUT2D eigenvalue weighted by Gasteiger charge is 2.29. The lowest BCUT2D eigenvalue weighted by Gasteiger charge is -2.20. The van der Waals surface area contributed by atoms with Gasteiger partial charge in [-0.25, -0.2) is 9.59 Å². The molecule has 0 aromatic heterocycles. The molecular formula is C26H32N2O5. The maximum absolute atomic E-state index is 12.3. The average molecular weight is 453 g/mol. The summed E-state index contributed by atoms with van der Waals surface area (Å²) < 4.78 is 5.50. The van der Waals surface area contributed by atoms with E-state index in [2.05, 4.69) is 34.9 Å². The fourth-order valence-electron chi connectivity index (χ4n) is 4.19. The summed E-state index contributed by atoms with van der Waals surface area (Å²) in [6.07, 6.45) is 0.623. The summed E-state index contributed by atoms with van der Waals surface area (Å²) in [4.78, 5) is 35.7. The average Bonchev–Trinajstić information content (AvgIpc) is 3.12. The fourth-order valence-corrected chi connectivity index (χ4v) is 4.19. The quantitative estimate of drug-likeness (QED) is 0.470. The number of aliphatic carboxylic acids is 1. The minimum Gasteiger partial charge on any atom is -0.480 e. The largest absolute Gasteiger partial charge is 0.480 e. The summed E-state index contributed by atoms with van der Waals surface area (Å²) in [6.45, 7) is 5.89. The van der Waals surface area contributed by atoms with E-state index in [9.17, 15) is 19.5 Å². The van der Waals surface area contributed by atoms with Gasteiger partial charge in [0, 0.05) is 18.4 Å². The smallest absolute Gasteiger partial charge is 0.407 e. The zero-order valence-electron chi connectivity index (χ0n) is 19.3. The Balaban J connectivity index is 1.42. The van der Waals surface area contributed by atoms with Crippen LogP contribution in [-0.4, -0.2) is 42.3 Å². The van der Waals surface area contributed by atoms with Crippen molar-refractivity contribution in [1.29, 1.82) is 0 Å². The Hall–Kier alpha value is -3.35. The van der Waals surface area contributed by atoms with Crippen LogP contribution in [0.5, 0.6) is 0 Å². The van der Waals surface area contributed by atoms with E-state index < -0.39 is 18.1 Å². The van der Waals surface area contributed by atoms with Crippen LogP contribution in [0.25, 0.3) is 11.1 Å². The van der Waals surface area contributed by atoms with Crippen molar-refractivity contribution in [2.24, 2.45) is 11.8 Å². The van der Waals surface area contributed by atoms with Crippen LogP contribution in [0.15, 0.2) is 48.5 Å². The summed E-state index contributed by atoms with van der Waals surface area (Å²) in [5.41, 5.74) is 4.67. The van der Waals surface area contributed by atoms with Gasteiger partial charge in [-0.15, -0.1) is 0 Å². The molecule has 2 aromatic carbocycles. The minimum atomic E-state index is -1.04. The molecule has 33 heavy (non-hydrogen) atoms. The second kappa shape index (κ2) is 11.0. The molecule has 0 saturated carbocycles. The van der Waals surface area contributed by atoms with E-state index in [1.54, 1.807) is 20.8 Å². The first-order valence-electron chi connectivity index (χ1n) is 11.4. The van der Waals surface area contributed by atoms with Gasteiger partial charge in [0.1, 0.15) is 12.6 Å². The maximum Gasteiger partial charge on any atom is 0.407 e. The highest BCUT2D eigenvalue weighted by atomic mass is 16.5. The van der Waals surface area contributed by atoms with E-state index >= 15 is 0 Å². The van der Waals surface area contributed by atoms with Gasteiger partial charge in [0.05, 0.1) is 0 Å². The first-order valence-corrected chi connectivity index (χ1v) is 11.4. The molecule has 7 nitrogen and oxygen atoms in total. The van der Waals surface area contributed by atoms with E-state index in [0.717, 1.165) is 11.1 Å². The van der Waals surface area contributed by atoms with Crippen LogP contribution in [0, 0.1) is 11.8 Å². The Bertz CT molecular complexity index is 958. The van der Waals surface area contributed by atoms with Gasteiger partial charge in [0.15, 0.2) is 0 Å². The van der Waals surface area contributed by atoms with E-state index in [1.807, 2.05) is 24.3 Å². The molecule has 0 radical (unpaired) electrons. The number of nitrogens with one attached hydrogen (secondary N) is 2. The molecule has 3 rings (SSSR count). The summed E-state index contributed by atoms with van der Waals surface area (Å²) in [5.74, 6) is -1.88. The van der Waals surface area contributed by atoms with Gasteiger partial charge >= 0.3 is 12.1 Å². The van der Waals surface area contributed by atoms with Crippen LogP contribution in [0.3, 0.4) is 0 Å². The number of carbonyl (C=O) groups excluding carboxylic acids is 2. The van der Waals surface area contributed by atoms with Gasteiger partial charge < -0.3 is 20.5 Å². The molecule has 0 fully saturated rings. The summed E-state index contributed by atoms with van der Waals surface area (Å²) >= 11 is 0. The zero-order valence-corrected chi connectivity index (χ0v) is 19.3. The van der Waals surface area contributed by atoms with Crippen LogP contribution in [0.4, 0.5) is 4.79 Å². The van der Waals surface area contributed by atoms with E-state index in [1.165, 1.54) is 11.1 Å². The first-order chi connectivity index (χ1) is 15.8. The SMILES string of the molecule is CC(CCCNC(=O)OCC1c2ccccc2-c2ccccc21)C(=O)N[C@H](C(=O)O)C(C)C. The van der Waals surface area contributed by atoms with Crippen LogP contribution < -0.4 is 10.6 Å². The number of benzene rings is 2. The number of hydrogen-bond donors (Lipinski definition) is 3. The predicted octanol–water partition coefficient (Wildman–Crippen LogP) is 4.17. The Morgan fingerprint density at radius 3 is 2.09 bits per heavy atom. The number of hydrogen-bond acceptors (Lipinski definition) is 4. The third-order valence-corrected chi connectivity index (χ3v) is 6.10. The summed E-state index contributed by atoms with van der Waals surface area (Å²) in [6, 6.07) is 15.4. The maximum atomic E-state index is 12.3. The Kier molecular flexibility index (Phi) is 8.09. The van der Waals surface area contributed by atoms with Gasteiger partial charge in [-0.3, -0.25) is 4.79 Å². The second-order valence-electron chi connectivity index (χ2n) is 8.86. The normalized spacial score (nSPS) is 14.2. The summed E-state index contributed by atoms with van der Waals surface area (Å²) in [7, 11) is 0. The van der Waals surface area contributed by atoms with Crippen molar-refractivity contribution >= 4 is 18.0 Å².